The molecule has 1 rings (SSSR count). The van der Waals surface area contributed by atoms with Crippen LogP contribution >= 0.6 is 12.2 Å². The molecule has 4 nitrogen and oxygen atoms in total. The van der Waals surface area contributed by atoms with Crippen LogP contribution in [0, 0.1) is 5.41 Å². The van der Waals surface area contributed by atoms with Gasteiger partial charge in [-0.2, -0.15) is 0 Å². The minimum absolute atomic E-state index is 0.112. The van der Waals surface area contributed by atoms with Gasteiger partial charge in [0, 0.05) is 25.7 Å². The molecule has 2 N–H and O–H groups in total. The second-order valence-electron chi connectivity index (χ2n) is 5.26. The molecule has 1 amide bonds. The lowest BCUT2D eigenvalue weighted by atomic mass is 9.80. The number of hydrogen-bond donors (Lipinski definition) is 1. The third kappa shape index (κ3) is 2.67. The van der Waals surface area contributed by atoms with Crippen molar-refractivity contribution >= 4 is 23.1 Å². The molecule has 0 aliphatic carbocycles. The van der Waals surface area contributed by atoms with E-state index in [0.29, 0.717) is 17.8 Å². The summed E-state index contributed by atoms with van der Waals surface area (Å²) in [5, 5.41) is 0. The fraction of sp³-hybridized carbons (Fsp3) is 0.846. The van der Waals surface area contributed by atoms with Gasteiger partial charge in [-0.05, 0) is 26.8 Å². The Morgan fingerprint density at radius 1 is 1.39 bits per heavy atom. The molecule has 18 heavy (non-hydrogen) atoms. The van der Waals surface area contributed by atoms with E-state index in [1.165, 1.54) is 0 Å². The Labute approximate surface area is 115 Å². The van der Waals surface area contributed by atoms with E-state index in [0.717, 1.165) is 19.6 Å². The van der Waals surface area contributed by atoms with Crippen molar-refractivity contribution in [1.82, 2.24) is 9.80 Å². The van der Waals surface area contributed by atoms with Crippen molar-refractivity contribution in [1.29, 1.82) is 0 Å². The normalized spacial score (nSPS) is 22.0. The highest BCUT2D eigenvalue weighted by Crippen LogP contribution is 2.31. The number of carbonyl (C=O) groups is 1. The van der Waals surface area contributed by atoms with Gasteiger partial charge in [-0.3, -0.25) is 4.79 Å². The van der Waals surface area contributed by atoms with Crippen LogP contribution in [0.2, 0.25) is 0 Å². The van der Waals surface area contributed by atoms with Gasteiger partial charge in [-0.1, -0.05) is 26.1 Å². The molecule has 1 atom stereocenters. The molecule has 1 aliphatic rings. The molecule has 0 radical (unpaired) electrons. The molecule has 1 saturated heterocycles. The fourth-order valence-corrected chi connectivity index (χ4v) is 3.10. The van der Waals surface area contributed by atoms with Gasteiger partial charge >= 0.3 is 0 Å². The van der Waals surface area contributed by atoms with E-state index in [1.807, 2.05) is 18.7 Å². The van der Waals surface area contributed by atoms with Gasteiger partial charge in [0.1, 0.15) is 0 Å². The van der Waals surface area contributed by atoms with Gasteiger partial charge in [-0.15, -0.1) is 0 Å². The summed E-state index contributed by atoms with van der Waals surface area (Å²) in [4.78, 5) is 17.3. The van der Waals surface area contributed by atoms with Crippen LogP contribution in [-0.4, -0.2) is 53.4 Å². The zero-order chi connectivity index (χ0) is 13.9. The summed E-state index contributed by atoms with van der Waals surface area (Å²) in [5.74, 6) is 0.112. The van der Waals surface area contributed by atoms with E-state index in [1.54, 1.807) is 0 Å². The van der Waals surface area contributed by atoms with E-state index in [2.05, 4.69) is 18.9 Å². The van der Waals surface area contributed by atoms with Crippen molar-refractivity contribution in [3.63, 3.8) is 0 Å². The maximum Gasteiger partial charge on any atom is 0.235 e. The minimum Gasteiger partial charge on any atom is -0.392 e. The van der Waals surface area contributed by atoms with Crippen molar-refractivity contribution in [2.24, 2.45) is 11.1 Å². The largest absolute Gasteiger partial charge is 0.392 e. The molecule has 1 heterocycles. The second-order valence-corrected chi connectivity index (χ2v) is 5.70. The van der Waals surface area contributed by atoms with E-state index in [4.69, 9.17) is 18.0 Å². The quantitative estimate of drug-likeness (QED) is 0.782. The summed E-state index contributed by atoms with van der Waals surface area (Å²) in [7, 11) is 2.08. The number of hydrogen-bond acceptors (Lipinski definition) is 3. The lowest BCUT2D eigenvalue weighted by Gasteiger charge is -2.43. The molecular weight excluding hydrogens is 246 g/mol. The SMILES string of the molecule is CCC(CC)(C(=O)N1CCN(C)CC1C)C(N)=S. The van der Waals surface area contributed by atoms with Crippen LogP contribution in [0.4, 0.5) is 0 Å². The lowest BCUT2D eigenvalue weighted by Crippen LogP contribution is -2.58. The van der Waals surface area contributed by atoms with Crippen LogP contribution in [-0.2, 0) is 4.79 Å². The standard InChI is InChI=1S/C13H25N3OS/c1-5-13(6-2,11(14)18)12(17)16-8-7-15(4)9-10(16)3/h10H,5-9H2,1-4H3,(H2,14,18). The summed E-state index contributed by atoms with van der Waals surface area (Å²) < 4.78 is 0. The van der Waals surface area contributed by atoms with Crippen molar-refractivity contribution in [3.8, 4) is 0 Å². The smallest absolute Gasteiger partial charge is 0.235 e. The van der Waals surface area contributed by atoms with Crippen LogP contribution in [0.25, 0.3) is 0 Å². The first-order chi connectivity index (χ1) is 8.39. The topological polar surface area (TPSA) is 49.6 Å². The number of nitrogens with zero attached hydrogens (tertiary/aromatic N) is 2. The lowest BCUT2D eigenvalue weighted by molar-refractivity contribution is -0.143. The monoisotopic (exact) mass is 271 g/mol. The summed E-state index contributed by atoms with van der Waals surface area (Å²) in [6.45, 7) is 8.65. The van der Waals surface area contributed by atoms with Crippen LogP contribution in [0.15, 0.2) is 0 Å². The molecule has 1 fully saturated rings. The molecular formula is C13H25N3OS. The van der Waals surface area contributed by atoms with Crippen LogP contribution in [0.5, 0.6) is 0 Å². The third-order valence-corrected chi connectivity index (χ3v) is 4.57. The van der Waals surface area contributed by atoms with Crippen LogP contribution in [0.1, 0.15) is 33.6 Å². The van der Waals surface area contributed by atoms with Gasteiger partial charge in [0.2, 0.25) is 5.91 Å². The molecule has 1 aliphatic heterocycles. The number of likely N-dealkylation sites (N-methyl/N-ethyl adjacent to an activating group) is 1. The zero-order valence-corrected chi connectivity index (χ0v) is 12.7. The number of carbonyl (C=O) groups excluding carboxylic acids is 1. The Bertz CT molecular complexity index is 328. The predicted molar refractivity (Wildman–Crippen MR) is 78.5 cm³/mol. The van der Waals surface area contributed by atoms with E-state index in [9.17, 15) is 4.79 Å². The maximum atomic E-state index is 12.8. The fourth-order valence-electron chi connectivity index (χ4n) is 2.72. The average molecular weight is 271 g/mol. The van der Waals surface area contributed by atoms with Crippen molar-refractivity contribution in [3.05, 3.63) is 0 Å². The Balaban J connectivity index is 2.94. The Morgan fingerprint density at radius 2 is 1.94 bits per heavy atom. The molecule has 104 valence electrons. The van der Waals surface area contributed by atoms with Gasteiger partial charge in [-0.25, -0.2) is 0 Å². The summed E-state index contributed by atoms with van der Waals surface area (Å²) in [6.07, 6.45) is 1.35. The molecule has 0 saturated carbocycles. The molecule has 1 unspecified atom stereocenters. The van der Waals surface area contributed by atoms with Gasteiger partial charge in [0.05, 0.1) is 10.4 Å². The van der Waals surface area contributed by atoms with Crippen molar-refractivity contribution in [2.75, 3.05) is 26.7 Å². The Kier molecular flexibility index (Phi) is 5.10. The Morgan fingerprint density at radius 3 is 2.33 bits per heavy atom. The molecule has 0 aromatic heterocycles. The van der Waals surface area contributed by atoms with Crippen molar-refractivity contribution < 1.29 is 4.79 Å². The first kappa shape index (κ1) is 15.4. The summed E-state index contributed by atoms with van der Waals surface area (Å²) in [5.41, 5.74) is 5.19. The van der Waals surface area contributed by atoms with Gasteiger partial charge in [0.15, 0.2) is 0 Å². The van der Waals surface area contributed by atoms with Crippen molar-refractivity contribution in [2.45, 2.75) is 39.7 Å². The molecule has 5 heteroatoms. The van der Waals surface area contributed by atoms with Gasteiger partial charge in [0.25, 0.3) is 0 Å². The number of thiocarbonyl (C=S) groups is 1. The number of rotatable bonds is 4. The van der Waals surface area contributed by atoms with E-state index >= 15 is 0 Å². The van der Waals surface area contributed by atoms with Gasteiger partial charge < -0.3 is 15.5 Å². The average Bonchev–Trinajstić information content (AvgIpc) is 2.30. The first-order valence-electron chi connectivity index (χ1n) is 6.68. The zero-order valence-electron chi connectivity index (χ0n) is 11.9. The minimum atomic E-state index is -0.653. The molecule has 0 spiro atoms. The number of nitrogens with two attached hydrogens (primary N) is 1. The molecule has 0 bridgehead atoms. The Hall–Kier alpha value is -0.680. The molecule has 0 aromatic rings. The number of amides is 1. The highest BCUT2D eigenvalue weighted by atomic mass is 32.1. The molecule has 0 aromatic carbocycles. The number of piperazine rings is 1. The highest BCUT2D eigenvalue weighted by Gasteiger charge is 2.43. The van der Waals surface area contributed by atoms with Crippen LogP contribution in [0.3, 0.4) is 0 Å². The second kappa shape index (κ2) is 5.97. The van der Waals surface area contributed by atoms with Crippen LogP contribution < -0.4 is 5.73 Å². The first-order valence-corrected chi connectivity index (χ1v) is 7.09. The summed E-state index contributed by atoms with van der Waals surface area (Å²) in [6, 6.07) is 0.225. The summed E-state index contributed by atoms with van der Waals surface area (Å²) >= 11 is 5.15. The maximum absolute atomic E-state index is 12.8. The predicted octanol–water partition coefficient (Wildman–Crippen LogP) is 1.24. The highest BCUT2D eigenvalue weighted by molar-refractivity contribution is 7.80. The van der Waals surface area contributed by atoms with E-state index in [-0.39, 0.29) is 11.9 Å². The third-order valence-electron chi connectivity index (χ3n) is 4.18. The van der Waals surface area contributed by atoms with E-state index < -0.39 is 5.41 Å².